The highest BCUT2D eigenvalue weighted by atomic mass is 16.5. The molecule has 0 aliphatic heterocycles. The molecular formula is C11H23NO. The zero-order valence-corrected chi connectivity index (χ0v) is 9.18. The third-order valence-corrected chi connectivity index (χ3v) is 3.12. The summed E-state index contributed by atoms with van der Waals surface area (Å²) in [6, 6.07) is 0.583. The minimum absolute atomic E-state index is 0.583. The van der Waals surface area contributed by atoms with Gasteiger partial charge in [0.1, 0.15) is 0 Å². The molecule has 3 atom stereocenters. The van der Waals surface area contributed by atoms with Crippen molar-refractivity contribution in [3.8, 4) is 0 Å². The van der Waals surface area contributed by atoms with Gasteiger partial charge < -0.3 is 10.1 Å². The molecule has 0 saturated heterocycles. The van der Waals surface area contributed by atoms with Gasteiger partial charge in [-0.15, -0.1) is 0 Å². The van der Waals surface area contributed by atoms with Gasteiger partial charge >= 0.3 is 0 Å². The fraction of sp³-hybridized carbons (Fsp3) is 1.00. The second-order valence-electron chi connectivity index (χ2n) is 4.30. The van der Waals surface area contributed by atoms with Crippen LogP contribution in [0.2, 0.25) is 0 Å². The summed E-state index contributed by atoms with van der Waals surface area (Å²) in [6.45, 7) is 6.45. The van der Waals surface area contributed by atoms with Gasteiger partial charge in [-0.3, -0.25) is 0 Å². The lowest BCUT2D eigenvalue weighted by Gasteiger charge is -2.23. The second-order valence-corrected chi connectivity index (χ2v) is 4.30. The molecular weight excluding hydrogens is 162 g/mol. The van der Waals surface area contributed by atoms with Gasteiger partial charge in [0.05, 0.1) is 6.61 Å². The number of nitrogens with one attached hydrogen (secondary N) is 1. The molecule has 0 bridgehead atoms. The Bertz CT molecular complexity index is 132. The highest BCUT2D eigenvalue weighted by molar-refractivity contribution is 4.82. The maximum Gasteiger partial charge on any atom is 0.0618 e. The molecule has 1 aliphatic rings. The van der Waals surface area contributed by atoms with E-state index in [2.05, 4.69) is 19.2 Å². The van der Waals surface area contributed by atoms with Crippen molar-refractivity contribution in [1.82, 2.24) is 5.32 Å². The summed E-state index contributed by atoms with van der Waals surface area (Å²) in [5.41, 5.74) is 0. The van der Waals surface area contributed by atoms with Gasteiger partial charge in [0, 0.05) is 13.2 Å². The van der Waals surface area contributed by atoms with Crippen LogP contribution in [0.15, 0.2) is 0 Å². The number of methoxy groups -OCH3 is 1. The maximum atomic E-state index is 5.24. The molecule has 2 heteroatoms. The predicted octanol–water partition coefficient (Wildman–Crippen LogP) is 2.05. The number of hydrogen-bond acceptors (Lipinski definition) is 2. The fourth-order valence-electron chi connectivity index (χ4n) is 2.42. The first-order valence-electron chi connectivity index (χ1n) is 5.50. The highest BCUT2D eigenvalue weighted by Crippen LogP contribution is 2.32. The van der Waals surface area contributed by atoms with Gasteiger partial charge in [-0.2, -0.15) is 0 Å². The SMILES string of the molecule is CCNC(COC)C1CCC(C)C1. The molecule has 1 rings (SSSR count). The van der Waals surface area contributed by atoms with Crippen LogP contribution in [0.1, 0.15) is 33.1 Å². The minimum atomic E-state index is 0.583. The van der Waals surface area contributed by atoms with E-state index in [0.29, 0.717) is 6.04 Å². The Morgan fingerprint density at radius 3 is 2.69 bits per heavy atom. The van der Waals surface area contributed by atoms with Gasteiger partial charge in [-0.05, 0) is 31.2 Å². The second kappa shape index (κ2) is 5.61. The zero-order valence-electron chi connectivity index (χ0n) is 9.18. The Hall–Kier alpha value is -0.0800. The van der Waals surface area contributed by atoms with Crippen LogP contribution >= 0.6 is 0 Å². The zero-order chi connectivity index (χ0) is 9.68. The largest absolute Gasteiger partial charge is 0.383 e. The summed E-state index contributed by atoms with van der Waals surface area (Å²) in [4.78, 5) is 0. The number of likely N-dealkylation sites (N-methyl/N-ethyl adjacent to an activating group) is 1. The van der Waals surface area contributed by atoms with Gasteiger partial charge in [0.15, 0.2) is 0 Å². The van der Waals surface area contributed by atoms with E-state index in [0.717, 1.165) is 25.0 Å². The van der Waals surface area contributed by atoms with Gasteiger partial charge in [-0.1, -0.05) is 20.3 Å². The Kier molecular flexibility index (Phi) is 4.74. The van der Waals surface area contributed by atoms with Crippen molar-refractivity contribution in [1.29, 1.82) is 0 Å². The van der Waals surface area contributed by atoms with Crippen LogP contribution in [-0.4, -0.2) is 26.3 Å². The van der Waals surface area contributed by atoms with Crippen molar-refractivity contribution >= 4 is 0 Å². The average molecular weight is 185 g/mol. The summed E-state index contributed by atoms with van der Waals surface area (Å²) in [5.74, 6) is 1.76. The Morgan fingerprint density at radius 1 is 1.46 bits per heavy atom. The van der Waals surface area contributed by atoms with E-state index < -0.39 is 0 Å². The topological polar surface area (TPSA) is 21.3 Å². The van der Waals surface area contributed by atoms with E-state index in [4.69, 9.17) is 4.74 Å². The number of rotatable bonds is 5. The monoisotopic (exact) mass is 185 g/mol. The van der Waals surface area contributed by atoms with E-state index in [-0.39, 0.29) is 0 Å². The highest BCUT2D eigenvalue weighted by Gasteiger charge is 2.27. The Balaban J connectivity index is 2.35. The van der Waals surface area contributed by atoms with Crippen LogP contribution in [0.25, 0.3) is 0 Å². The van der Waals surface area contributed by atoms with Gasteiger partial charge in [0.25, 0.3) is 0 Å². The molecule has 1 aliphatic carbocycles. The van der Waals surface area contributed by atoms with Crippen LogP contribution in [0, 0.1) is 11.8 Å². The number of hydrogen-bond donors (Lipinski definition) is 1. The number of ether oxygens (including phenoxy) is 1. The van der Waals surface area contributed by atoms with Crippen molar-refractivity contribution in [3.05, 3.63) is 0 Å². The molecule has 2 nitrogen and oxygen atoms in total. The smallest absolute Gasteiger partial charge is 0.0618 e. The van der Waals surface area contributed by atoms with E-state index in [1.54, 1.807) is 7.11 Å². The molecule has 0 aromatic carbocycles. The molecule has 0 aromatic rings. The lowest BCUT2D eigenvalue weighted by molar-refractivity contribution is 0.140. The molecule has 0 radical (unpaired) electrons. The van der Waals surface area contributed by atoms with Crippen molar-refractivity contribution in [2.24, 2.45) is 11.8 Å². The quantitative estimate of drug-likeness (QED) is 0.708. The van der Waals surface area contributed by atoms with Gasteiger partial charge in [-0.25, -0.2) is 0 Å². The first kappa shape index (κ1) is 11.0. The molecule has 3 unspecified atom stereocenters. The predicted molar refractivity (Wildman–Crippen MR) is 55.8 cm³/mol. The Labute approximate surface area is 82.0 Å². The van der Waals surface area contributed by atoms with Crippen molar-refractivity contribution < 1.29 is 4.74 Å². The van der Waals surface area contributed by atoms with Crippen LogP contribution in [-0.2, 0) is 4.74 Å². The summed E-state index contributed by atoms with van der Waals surface area (Å²) in [7, 11) is 1.79. The molecule has 1 N–H and O–H groups in total. The van der Waals surface area contributed by atoms with Crippen molar-refractivity contribution in [2.75, 3.05) is 20.3 Å². The van der Waals surface area contributed by atoms with Crippen LogP contribution < -0.4 is 5.32 Å². The third-order valence-electron chi connectivity index (χ3n) is 3.12. The fourth-order valence-corrected chi connectivity index (χ4v) is 2.42. The third kappa shape index (κ3) is 3.28. The molecule has 0 aromatic heterocycles. The average Bonchev–Trinajstić information content (AvgIpc) is 2.51. The van der Waals surface area contributed by atoms with Gasteiger partial charge in [0.2, 0.25) is 0 Å². The molecule has 1 saturated carbocycles. The molecule has 0 heterocycles. The van der Waals surface area contributed by atoms with Crippen LogP contribution in [0.4, 0.5) is 0 Å². The lowest BCUT2D eigenvalue weighted by atomic mass is 9.97. The first-order chi connectivity index (χ1) is 6.27. The maximum absolute atomic E-state index is 5.24. The Morgan fingerprint density at radius 2 is 2.23 bits per heavy atom. The summed E-state index contributed by atoms with van der Waals surface area (Å²) < 4.78 is 5.24. The first-order valence-corrected chi connectivity index (χ1v) is 5.50. The van der Waals surface area contributed by atoms with Crippen molar-refractivity contribution in [3.63, 3.8) is 0 Å². The molecule has 0 spiro atoms. The molecule has 78 valence electrons. The lowest BCUT2D eigenvalue weighted by Crippen LogP contribution is -2.38. The molecule has 13 heavy (non-hydrogen) atoms. The van der Waals surface area contributed by atoms with Crippen LogP contribution in [0.5, 0.6) is 0 Å². The normalized spacial score (nSPS) is 30.7. The van der Waals surface area contributed by atoms with E-state index >= 15 is 0 Å². The van der Waals surface area contributed by atoms with E-state index in [1.165, 1.54) is 19.3 Å². The minimum Gasteiger partial charge on any atom is -0.383 e. The summed E-state index contributed by atoms with van der Waals surface area (Å²) in [6.07, 6.45) is 4.15. The summed E-state index contributed by atoms with van der Waals surface area (Å²) in [5, 5.41) is 3.52. The molecule has 0 amide bonds. The standard InChI is InChI=1S/C11H23NO/c1-4-12-11(8-13-3)10-6-5-9(2)7-10/h9-12H,4-8H2,1-3H3. The molecule has 1 fully saturated rings. The summed E-state index contributed by atoms with van der Waals surface area (Å²) >= 11 is 0. The van der Waals surface area contributed by atoms with Crippen LogP contribution in [0.3, 0.4) is 0 Å². The van der Waals surface area contributed by atoms with E-state index in [9.17, 15) is 0 Å². The van der Waals surface area contributed by atoms with E-state index in [1.807, 2.05) is 0 Å². The van der Waals surface area contributed by atoms with Crippen molar-refractivity contribution in [2.45, 2.75) is 39.2 Å².